The molecule has 4 rings (SSSR count). The van der Waals surface area contributed by atoms with Crippen LogP contribution in [-0.4, -0.2) is 32.9 Å². The summed E-state index contributed by atoms with van der Waals surface area (Å²) >= 11 is 0. The highest BCUT2D eigenvalue weighted by atomic mass is 16.5. The van der Waals surface area contributed by atoms with E-state index in [9.17, 15) is 9.59 Å². The lowest BCUT2D eigenvalue weighted by atomic mass is 10.1. The first-order valence-electron chi connectivity index (χ1n) is 10.5. The van der Waals surface area contributed by atoms with E-state index >= 15 is 0 Å². The third kappa shape index (κ3) is 5.40. The highest BCUT2D eigenvalue weighted by molar-refractivity contribution is 5.76. The highest BCUT2D eigenvalue weighted by Gasteiger charge is 2.10. The van der Waals surface area contributed by atoms with Crippen LogP contribution in [0, 0.1) is 0 Å². The van der Waals surface area contributed by atoms with Crippen LogP contribution < -0.4 is 0 Å². The van der Waals surface area contributed by atoms with Crippen LogP contribution in [0.15, 0.2) is 57.6 Å². The number of rotatable bonds is 11. The molecule has 0 saturated heterocycles. The average Bonchev–Trinajstić information content (AvgIpc) is 3.51. The minimum absolute atomic E-state index is 0.533. The molecule has 2 heterocycles. The minimum atomic E-state index is 0.533. The third-order valence-corrected chi connectivity index (χ3v) is 5.08. The van der Waals surface area contributed by atoms with Gasteiger partial charge in [0, 0.05) is 35.1 Å². The molecule has 0 aliphatic rings. The molecule has 32 heavy (non-hydrogen) atoms. The van der Waals surface area contributed by atoms with Crippen LogP contribution >= 0.6 is 0 Å². The molecule has 0 saturated carbocycles. The number of unbranched alkanes of at least 4 members (excludes halogenated alkanes) is 3. The normalized spacial score (nSPS) is 10.9. The number of carbonyl (C=O) groups excluding carboxylic acids is 2. The molecular formula is C24H22N4O4. The Morgan fingerprint density at radius 3 is 1.38 bits per heavy atom. The lowest BCUT2D eigenvalue weighted by Gasteiger charge is -1.97. The Bertz CT molecular complexity index is 1070. The molecule has 0 aliphatic carbocycles. The molecule has 0 aliphatic heterocycles. The summed E-state index contributed by atoms with van der Waals surface area (Å²) in [6, 6.07) is 14.1. The van der Waals surface area contributed by atoms with E-state index in [1.165, 1.54) is 0 Å². The molecule has 0 atom stereocenters. The molecule has 0 spiro atoms. The second kappa shape index (κ2) is 10.4. The summed E-state index contributed by atoms with van der Waals surface area (Å²) in [6.45, 7) is 0. The summed E-state index contributed by atoms with van der Waals surface area (Å²) in [6.07, 6.45) is 7.00. The third-order valence-electron chi connectivity index (χ3n) is 5.08. The van der Waals surface area contributed by atoms with Gasteiger partial charge in [-0.3, -0.25) is 9.59 Å². The predicted molar refractivity (Wildman–Crippen MR) is 116 cm³/mol. The van der Waals surface area contributed by atoms with E-state index in [1.807, 2.05) is 24.3 Å². The molecule has 0 radical (unpaired) electrons. The Morgan fingerprint density at radius 1 is 0.594 bits per heavy atom. The second-order valence-electron chi connectivity index (χ2n) is 7.42. The molecule has 0 amide bonds. The molecular weight excluding hydrogens is 408 g/mol. The Hall–Kier alpha value is -3.94. The predicted octanol–water partition coefficient (Wildman–Crippen LogP) is 4.76. The fraction of sp³-hybridized carbons (Fsp3) is 0.250. The van der Waals surface area contributed by atoms with Crippen LogP contribution in [0.3, 0.4) is 0 Å². The van der Waals surface area contributed by atoms with Gasteiger partial charge in [0.1, 0.15) is 12.6 Å². The summed E-state index contributed by atoms with van der Waals surface area (Å²) in [5.41, 5.74) is 2.87. The topological polar surface area (TPSA) is 112 Å². The van der Waals surface area contributed by atoms with Crippen molar-refractivity contribution in [2.45, 2.75) is 38.5 Å². The number of aldehydes is 2. The van der Waals surface area contributed by atoms with Crippen LogP contribution in [0.25, 0.3) is 22.8 Å². The smallest absolute Gasteiger partial charge is 0.226 e. The SMILES string of the molecule is O=Cc1ccc(-c2noc(CCCCCCc3nc(-c4ccc(C=O)cc4)no3)n2)cc1. The molecule has 0 N–H and O–H groups in total. The number of carbonyl (C=O) groups is 2. The quantitative estimate of drug-likeness (QED) is 0.247. The second-order valence-corrected chi connectivity index (χ2v) is 7.42. The molecule has 0 fully saturated rings. The van der Waals surface area contributed by atoms with Gasteiger partial charge in [0.25, 0.3) is 0 Å². The Balaban J connectivity index is 1.17. The molecule has 2 aromatic carbocycles. The van der Waals surface area contributed by atoms with E-state index in [-0.39, 0.29) is 0 Å². The average molecular weight is 430 g/mol. The first-order chi connectivity index (χ1) is 15.7. The largest absolute Gasteiger partial charge is 0.339 e. The van der Waals surface area contributed by atoms with Crippen molar-refractivity contribution in [2.75, 3.05) is 0 Å². The van der Waals surface area contributed by atoms with Crippen LogP contribution in [0.4, 0.5) is 0 Å². The van der Waals surface area contributed by atoms with Crippen LogP contribution in [0.1, 0.15) is 58.2 Å². The van der Waals surface area contributed by atoms with Gasteiger partial charge in [-0.2, -0.15) is 9.97 Å². The summed E-state index contributed by atoms with van der Waals surface area (Å²) in [5.74, 6) is 2.29. The maximum Gasteiger partial charge on any atom is 0.226 e. The molecule has 0 unspecified atom stereocenters. The number of nitrogens with zero attached hydrogens (tertiary/aromatic N) is 4. The zero-order chi connectivity index (χ0) is 22.2. The fourth-order valence-corrected chi connectivity index (χ4v) is 3.27. The van der Waals surface area contributed by atoms with E-state index in [1.54, 1.807) is 24.3 Å². The highest BCUT2D eigenvalue weighted by Crippen LogP contribution is 2.19. The van der Waals surface area contributed by atoms with E-state index in [0.29, 0.717) is 34.6 Å². The Labute approximate surface area is 184 Å². The van der Waals surface area contributed by atoms with Gasteiger partial charge in [0.05, 0.1) is 0 Å². The number of hydrogen-bond acceptors (Lipinski definition) is 8. The monoisotopic (exact) mass is 430 g/mol. The number of aryl methyl sites for hydroxylation is 2. The number of benzene rings is 2. The van der Waals surface area contributed by atoms with Crippen LogP contribution in [0.2, 0.25) is 0 Å². The van der Waals surface area contributed by atoms with Gasteiger partial charge in [-0.05, 0) is 12.8 Å². The standard InChI is InChI=1S/C24H22N4O4/c29-15-17-7-11-19(12-8-17)23-25-21(31-27-23)5-3-1-2-4-6-22-26-24(28-32-22)20-13-9-18(16-30)10-14-20/h7-16H,1-6H2. The summed E-state index contributed by atoms with van der Waals surface area (Å²) in [5, 5.41) is 8.03. The van der Waals surface area contributed by atoms with E-state index in [0.717, 1.165) is 62.2 Å². The van der Waals surface area contributed by atoms with Crippen molar-refractivity contribution in [1.82, 2.24) is 20.3 Å². The summed E-state index contributed by atoms with van der Waals surface area (Å²) in [7, 11) is 0. The van der Waals surface area contributed by atoms with Gasteiger partial charge in [-0.15, -0.1) is 0 Å². The Kier molecular flexibility index (Phi) is 6.91. The van der Waals surface area contributed by atoms with E-state index < -0.39 is 0 Å². The van der Waals surface area contributed by atoms with Gasteiger partial charge >= 0.3 is 0 Å². The molecule has 162 valence electrons. The lowest BCUT2D eigenvalue weighted by Crippen LogP contribution is -1.90. The van der Waals surface area contributed by atoms with E-state index in [4.69, 9.17) is 9.05 Å². The van der Waals surface area contributed by atoms with Gasteiger partial charge in [-0.1, -0.05) is 71.7 Å². The number of hydrogen-bond donors (Lipinski definition) is 0. The molecule has 2 aromatic heterocycles. The van der Waals surface area contributed by atoms with Crippen molar-refractivity contribution >= 4 is 12.6 Å². The fourth-order valence-electron chi connectivity index (χ4n) is 3.27. The van der Waals surface area contributed by atoms with Crippen molar-refractivity contribution in [3.63, 3.8) is 0 Å². The van der Waals surface area contributed by atoms with Crippen LogP contribution in [-0.2, 0) is 12.8 Å². The van der Waals surface area contributed by atoms with Crippen molar-refractivity contribution in [3.05, 3.63) is 71.4 Å². The van der Waals surface area contributed by atoms with Crippen molar-refractivity contribution < 1.29 is 18.6 Å². The first kappa shape index (κ1) is 21.3. The van der Waals surface area contributed by atoms with E-state index in [2.05, 4.69) is 20.3 Å². The van der Waals surface area contributed by atoms with Gasteiger partial charge in [-0.25, -0.2) is 0 Å². The van der Waals surface area contributed by atoms with Crippen molar-refractivity contribution in [2.24, 2.45) is 0 Å². The minimum Gasteiger partial charge on any atom is -0.339 e. The van der Waals surface area contributed by atoms with Crippen molar-refractivity contribution in [3.8, 4) is 22.8 Å². The van der Waals surface area contributed by atoms with Crippen molar-refractivity contribution in [1.29, 1.82) is 0 Å². The summed E-state index contributed by atoms with van der Waals surface area (Å²) < 4.78 is 10.7. The lowest BCUT2D eigenvalue weighted by molar-refractivity contribution is 0.111. The zero-order valence-corrected chi connectivity index (χ0v) is 17.4. The zero-order valence-electron chi connectivity index (χ0n) is 17.4. The maximum atomic E-state index is 10.7. The first-order valence-corrected chi connectivity index (χ1v) is 10.5. The van der Waals surface area contributed by atoms with Crippen LogP contribution in [0.5, 0.6) is 0 Å². The Morgan fingerprint density at radius 2 is 1.00 bits per heavy atom. The number of aromatic nitrogens is 4. The van der Waals surface area contributed by atoms with Gasteiger partial charge < -0.3 is 9.05 Å². The molecule has 8 heteroatoms. The molecule has 0 bridgehead atoms. The van der Waals surface area contributed by atoms with Gasteiger partial charge in [0.15, 0.2) is 0 Å². The maximum absolute atomic E-state index is 10.7. The summed E-state index contributed by atoms with van der Waals surface area (Å²) in [4.78, 5) is 30.3. The molecule has 4 aromatic rings. The molecule has 8 nitrogen and oxygen atoms in total. The van der Waals surface area contributed by atoms with Gasteiger partial charge in [0.2, 0.25) is 23.4 Å².